The summed E-state index contributed by atoms with van der Waals surface area (Å²) in [7, 11) is 0. The summed E-state index contributed by atoms with van der Waals surface area (Å²) in [5.41, 5.74) is 0.566. The third-order valence-corrected chi connectivity index (χ3v) is 6.15. The topological polar surface area (TPSA) is 101 Å². The second-order valence-corrected chi connectivity index (χ2v) is 10.3. The van der Waals surface area contributed by atoms with Crippen LogP contribution in [0.1, 0.15) is 67.7 Å². The molecule has 0 saturated heterocycles. The lowest BCUT2D eigenvalue weighted by atomic mass is 10.1. The number of amides is 2. The zero-order valence-corrected chi connectivity index (χ0v) is 22.2. The summed E-state index contributed by atoms with van der Waals surface area (Å²) < 4.78 is 19.5. The summed E-state index contributed by atoms with van der Waals surface area (Å²) in [5.74, 6) is -1.74. The van der Waals surface area contributed by atoms with Crippen molar-refractivity contribution in [2.75, 3.05) is 18.0 Å². The zero-order chi connectivity index (χ0) is 27.0. The number of nitrogens with zero attached hydrogens (tertiary/aromatic N) is 3. The van der Waals surface area contributed by atoms with E-state index < -0.39 is 17.3 Å². The van der Waals surface area contributed by atoms with Crippen molar-refractivity contribution >= 4 is 34.3 Å². The van der Waals surface area contributed by atoms with E-state index in [1.807, 2.05) is 6.92 Å². The molecular weight excluding hydrogens is 495 g/mol. The van der Waals surface area contributed by atoms with Gasteiger partial charge in [0.1, 0.15) is 16.4 Å². The van der Waals surface area contributed by atoms with Crippen LogP contribution in [-0.2, 0) is 9.53 Å². The van der Waals surface area contributed by atoms with Gasteiger partial charge in [0.15, 0.2) is 0 Å². The molecule has 0 radical (unpaired) electrons. The summed E-state index contributed by atoms with van der Waals surface area (Å²) in [4.78, 5) is 38.8. The second kappa shape index (κ2) is 12.5. The van der Waals surface area contributed by atoms with Gasteiger partial charge in [-0.25, -0.2) is 4.39 Å². The fourth-order valence-corrected chi connectivity index (χ4v) is 4.23. The molecule has 0 atom stereocenters. The molecule has 1 N–H and O–H groups in total. The van der Waals surface area contributed by atoms with Crippen molar-refractivity contribution in [2.45, 2.75) is 52.6 Å². The smallest absolute Gasteiger partial charge is 0.308 e. The predicted molar refractivity (Wildman–Crippen MR) is 141 cm³/mol. The van der Waals surface area contributed by atoms with Gasteiger partial charge in [0, 0.05) is 24.2 Å². The number of aromatic nitrogens is 2. The molecule has 0 aliphatic carbocycles. The Kier molecular flexibility index (Phi) is 9.46. The van der Waals surface area contributed by atoms with Crippen LogP contribution in [-0.4, -0.2) is 46.7 Å². The van der Waals surface area contributed by atoms with Crippen LogP contribution in [0.25, 0.3) is 10.6 Å². The highest BCUT2D eigenvalue weighted by Crippen LogP contribution is 2.30. The van der Waals surface area contributed by atoms with Crippen molar-refractivity contribution in [2.24, 2.45) is 0 Å². The van der Waals surface area contributed by atoms with Gasteiger partial charge < -0.3 is 10.1 Å². The first-order valence-corrected chi connectivity index (χ1v) is 12.9. The molecule has 0 unspecified atom stereocenters. The fourth-order valence-electron chi connectivity index (χ4n) is 3.36. The van der Waals surface area contributed by atoms with E-state index in [1.54, 1.807) is 51.1 Å². The van der Waals surface area contributed by atoms with E-state index in [0.717, 1.165) is 18.4 Å². The maximum Gasteiger partial charge on any atom is 0.308 e. The van der Waals surface area contributed by atoms with Crippen molar-refractivity contribution in [3.8, 4) is 10.6 Å². The quantitative estimate of drug-likeness (QED) is 0.362. The lowest BCUT2D eigenvalue weighted by Gasteiger charge is -2.19. The lowest BCUT2D eigenvalue weighted by Crippen LogP contribution is -2.32. The van der Waals surface area contributed by atoms with Gasteiger partial charge in [-0.1, -0.05) is 48.9 Å². The van der Waals surface area contributed by atoms with E-state index in [9.17, 15) is 18.8 Å². The van der Waals surface area contributed by atoms with Crippen LogP contribution in [0.4, 0.5) is 9.52 Å². The second-order valence-electron chi connectivity index (χ2n) is 9.35. The number of anilines is 1. The molecule has 0 aliphatic heterocycles. The number of nitrogens with one attached hydrogen (secondary N) is 1. The molecule has 8 nitrogen and oxygen atoms in total. The minimum atomic E-state index is -0.585. The number of hydrogen-bond donors (Lipinski definition) is 1. The highest BCUT2D eigenvalue weighted by atomic mass is 32.1. The van der Waals surface area contributed by atoms with Crippen molar-refractivity contribution in [3.05, 3.63) is 65.5 Å². The monoisotopic (exact) mass is 526 g/mol. The van der Waals surface area contributed by atoms with Gasteiger partial charge in [0.25, 0.3) is 11.8 Å². The number of rotatable bonds is 10. The Labute approximate surface area is 219 Å². The van der Waals surface area contributed by atoms with Gasteiger partial charge in [-0.15, -0.1) is 10.2 Å². The Bertz CT molecular complexity index is 1240. The third-order valence-electron chi connectivity index (χ3n) is 5.16. The Morgan fingerprint density at radius 3 is 2.41 bits per heavy atom. The van der Waals surface area contributed by atoms with Gasteiger partial charge in [-0.3, -0.25) is 19.3 Å². The number of carbonyl (C=O) groups is 3. The fraction of sp³-hybridized carbons (Fsp3) is 0.370. The molecule has 2 amide bonds. The van der Waals surface area contributed by atoms with Gasteiger partial charge in [0.2, 0.25) is 5.13 Å². The molecule has 1 aromatic heterocycles. The van der Waals surface area contributed by atoms with E-state index in [4.69, 9.17) is 4.74 Å². The molecule has 196 valence electrons. The van der Waals surface area contributed by atoms with Crippen LogP contribution < -0.4 is 10.2 Å². The molecule has 10 heteroatoms. The van der Waals surface area contributed by atoms with Crippen LogP contribution in [0.5, 0.6) is 0 Å². The molecule has 0 aliphatic rings. The molecule has 1 heterocycles. The Balaban J connectivity index is 1.67. The van der Waals surface area contributed by atoms with E-state index >= 15 is 0 Å². The number of halogens is 1. The van der Waals surface area contributed by atoms with Gasteiger partial charge >= 0.3 is 5.97 Å². The molecule has 0 spiro atoms. The van der Waals surface area contributed by atoms with Crippen LogP contribution in [0, 0.1) is 5.82 Å². The van der Waals surface area contributed by atoms with E-state index in [-0.39, 0.29) is 30.4 Å². The Hall–Kier alpha value is -3.66. The third kappa shape index (κ3) is 7.91. The highest BCUT2D eigenvalue weighted by Gasteiger charge is 2.24. The largest absolute Gasteiger partial charge is 0.460 e. The van der Waals surface area contributed by atoms with Crippen LogP contribution in [0.2, 0.25) is 0 Å². The average molecular weight is 527 g/mol. The first kappa shape index (κ1) is 27.9. The maximum atomic E-state index is 14.3. The number of benzene rings is 2. The maximum absolute atomic E-state index is 14.3. The molecule has 37 heavy (non-hydrogen) atoms. The minimum absolute atomic E-state index is 0.0163. The summed E-state index contributed by atoms with van der Waals surface area (Å²) in [6, 6.07) is 12.6. The van der Waals surface area contributed by atoms with Gasteiger partial charge in [0.05, 0.1) is 12.0 Å². The van der Waals surface area contributed by atoms with E-state index in [0.29, 0.717) is 22.2 Å². The molecule has 0 fully saturated rings. The SMILES string of the molecule is CCCCN(C(=O)c1ccccc1F)c1nnc(-c2ccc(C(=O)NCCC(=O)OC(C)(C)C)cc2)s1. The van der Waals surface area contributed by atoms with Crippen LogP contribution >= 0.6 is 11.3 Å². The standard InChI is InChI=1S/C27H31FN4O4S/c1-5-6-17-32(25(35)20-9-7-8-10-21(20)28)26-31-30-24(37-26)19-13-11-18(12-14-19)23(34)29-16-15-22(33)36-27(2,3)4/h7-14H,5-6,15-17H2,1-4H3,(H,29,34). The van der Waals surface area contributed by atoms with Crippen molar-refractivity contribution in [3.63, 3.8) is 0 Å². The van der Waals surface area contributed by atoms with Crippen molar-refractivity contribution < 1.29 is 23.5 Å². The van der Waals surface area contributed by atoms with Gasteiger partial charge in [-0.2, -0.15) is 0 Å². The lowest BCUT2D eigenvalue weighted by molar-refractivity contribution is -0.154. The van der Waals surface area contributed by atoms with Crippen molar-refractivity contribution in [1.29, 1.82) is 0 Å². The molecule has 3 rings (SSSR count). The van der Waals surface area contributed by atoms with Crippen LogP contribution in [0.3, 0.4) is 0 Å². The average Bonchev–Trinajstić information content (AvgIpc) is 3.33. The number of ether oxygens (including phenoxy) is 1. The highest BCUT2D eigenvalue weighted by molar-refractivity contribution is 7.18. The number of esters is 1. The Morgan fingerprint density at radius 1 is 1.05 bits per heavy atom. The number of carbonyl (C=O) groups excluding carboxylic acids is 3. The summed E-state index contributed by atoms with van der Waals surface area (Å²) in [6.07, 6.45) is 1.66. The molecule has 3 aromatic rings. The molecular formula is C27H31FN4O4S. The van der Waals surface area contributed by atoms with E-state index in [1.165, 1.54) is 34.4 Å². The van der Waals surface area contributed by atoms with Crippen molar-refractivity contribution in [1.82, 2.24) is 15.5 Å². The first-order chi connectivity index (χ1) is 17.6. The normalized spacial score (nSPS) is 11.2. The predicted octanol–water partition coefficient (Wildman–Crippen LogP) is 5.25. The summed E-state index contributed by atoms with van der Waals surface area (Å²) in [5, 5.41) is 12.1. The number of hydrogen-bond acceptors (Lipinski definition) is 7. The first-order valence-electron chi connectivity index (χ1n) is 12.1. The van der Waals surface area contributed by atoms with E-state index in [2.05, 4.69) is 15.5 Å². The Morgan fingerprint density at radius 2 is 1.76 bits per heavy atom. The summed E-state index contributed by atoms with van der Waals surface area (Å²) in [6.45, 7) is 7.92. The molecule has 0 saturated carbocycles. The zero-order valence-electron chi connectivity index (χ0n) is 21.4. The van der Waals surface area contributed by atoms with Crippen LogP contribution in [0.15, 0.2) is 48.5 Å². The minimum Gasteiger partial charge on any atom is -0.460 e. The van der Waals surface area contributed by atoms with Gasteiger partial charge in [-0.05, 0) is 51.5 Å². The molecule has 2 aromatic carbocycles. The summed E-state index contributed by atoms with van der Waals surface area (Å²) >= 11 is 1.22. The molecule has 0 bridgehead atoms. The number of unbranched alkanes of at least 4 members (excludes halogenated alkanes) is 1.